The summed E-state index contributed by atoms with van der Waals surface area (Å²) in [6.07, 6.45) is 0. The van der Waals surface area contributed by atoms with Crippen LogP contribution in [0.2, 0.25) is 0 Å². The lowest BCUT2D eigenvalue weighted by molar-refractivity contribution is 0.0696. The van der Waals surface area contributed by atoms with Gasteiger partial charge in [-0.2, -0.15) is 0 Å². The van der Waals surface area contributed by atoms with E-state index in [0.717, 1.165) is 16.7 Å². The number of hydrogen-bond donors (Lipinski definition) is 1. The molecular weight excluding hydrogens is 386 g/mol. The van der Waals surface area contributed by atoms with Gasteiger partial charge in [-0.05, 0) is 45.8 Å². The molecule has 0 spiro atoms. The average Bonchev–Trinajstić information content (AvgIpc) is 2.40. The maximum Gasteiger partial charge on any atom is 0.336 e. The number of benzene rings is 2. The standard InChI is InChI=1S/C15H13Br2NO2/c1-18(9-10-4-2-3-5-13(10)16)11-6-7-12(15(19)20)14(17)8-11/h2-8H,9H2,1H3,(H,19,20). The van der Waals surface area contributed by atoms with Gasteiger partial charge in [0.15, 0.2) is 0 Å². The summed E-state index contributed by atoms with van der Waals surface area (Å²) in [4.78, 5) is 13.1. The van der Waals surface area contributed by atoms with Crippen LogP contribution in [0.15, 0.2) is 51.4 Å². The minimum absolute atomic E-state index is 0.267. The van der Waals surface area contributed by atoms with Gasteiger partial charge in [0.2, 0.25) is 0 Å². The number of carboxylic acids is 1. The zero-order valence-electron chi connectivity index (χ0n) is 10.8. The quantitative estimate of drug-likeness (QED) is 0.821. The van der Waals surface area contributed by atoms with Crippen LogP contribution in [0.1, 0.15) is 15.9 Å². The van der Waals surface area contributed by atoms with Gasteiger partial charge in [-0.1, -0.05) is 34.1 Å². The zero-order chi connectivity index (χ0) is 14.7. The first-order valence-corrected chi connectivity index (χ1v) is 7.55. The molecule has 5 heteroatoms. The van der Waals surface area contributed by atoms with Crippen molar-refractivity contribution in [2.45, 2.75) is 6.54 Å². The molecule has 0 saturated carbocycles. The SMILES string of the molecule is CN(Cc1ccccc1Br)c1ccc(C(=O)O)c(Br)c1. The molecule has 0 aromatic heterocycles. The van der Waals surface area contributed by atoms with Crippen molar-refractivity contribution in [2.75, 3.05) is 11.9 Å². The lowest BCUT2D eigenvalue weighted by Gasteiger charge is -2.20. The summed E-state index contributed by atoms with van der Waals surface area (Å²) in [5.74, 6) is -0.933. The number of nitrogens with zero attached hydrogens (tertiary/aromatic N) is 1. The second-order valence-electron chi connectivity index (χ2n) is 4.42. The number of halogens is 2. The summed E-state index contributed by atoms with van der Waals surface area (Å²) in [5.41, 5.74) is 2.40. The van der Waals surface area contributed by atoms with Gasteiger partial charge in [-0.25, -0.2) is 4.79 Å². The van der Waals surface area contributed by atoms with Gasteiger partial charge < -0.3 is 10.0 Å². The molecule has 0 heterocycles. The first-order valence-electron chi connectivity index (χ1n) is 5.96. The molecule has 0 aliphatic rings. The predicted octanol–water partition coefficient (Wildman–Crippen LogP) is 4.55. The molecular formula is C15H13Br2NO2. The minimum atomic E-state index is -0.933. The highest BCUT2D eigenvalue weighted by Crippen LogP contribution is 2.26. The largest absolute Gasteiger partial charge is 0.478 e. The van der Waals surface area contributed by atoms with Gasteiger partial charge in [-0.3, -0.25) is 0 Å². The Kier molecular flexibility index (Phi) is 4.83. The third-order valence-electron chi connectivity index (χ3n) is 2.99. The molecule has 0 radical (unpaired) electrons. The first-order chi connectivity index (χ1) is 9.49. The van der Waals surface area contributed by atoms with Crippen LogP contribution in [0.4, 0.5) is 5.69 Å². The van der Waals surface area contributed by atoms with E-state index in [-0.39, 0.29) is 5.56 Å². The van der Waals surface area contributed by atoms with Crippen molar-refractivity contribution in [3.63, 3.8) is 0 Å². The molecule has 104 valence electrons. The highest BCUT2D eigenvalue weighted by Gasteiger charge is 2.11. The van der Waals surface area contributed by atoms with E-state index in [1.165, 1.54) is 5.56 Å². The van der Waals surface area contributed by atoms with Crippen LogP contribution in [0.5, 0.6) is 0 Å². The molecule has 1 N–H and O–H groups in total. The monoisotopic (exact) mass is 397 g/mol. The molecule has 0 amide bonds. The van der Waals surface area contributed by atoms with E-state index in [1.54, 1.807) is 6.07 Å². The van der Waals surface area contributed by atoms with E-state index in [2.05, 4.69) is 42.8 Å². The summed E-state index contributed by atoms with van der Waals surface area (Å²) in [5, 5.41) is 9.02. The Bertz CT molecular complexity index is 644. The molecule has 0 aliphatic heterocycles. The molecule has 0 aliphatic carbocycles. The second kappa shape index (κ2) is 6.41. The normalized spacial score (nSPS) is 10.3. The van der Waals surface area contributed by atoms with E-state index in [1.807, 2.05) is 37.4 Å². The Morgan fingerprint density at radius 2 is 1.85 bits per heavy atom. The Hall–Kier alpha value is -1.33. The van der Waals surface area contributed by atoms with Crippen molar-refractivity contribution in [1.29, 1.82) is 0 Å². The number of carbonyl (C=O) groups is 1. The van der Waals surface area contributed by atoms with Crippen molar-refractivity contribution in [2.24, 2.45) is 0 Å². The molecule has 2 aromatic rings. The Labute approximate surface area is 134 Å². The summed E-state index contributed by atoms with van der Waals surface area (Å²) < 4.78 is 1.65. The van der Waals surface area contributed by atoms with Gasteiger partial charge in [0.1, 0.15) is 0 Å². The van der Waals surface area contributed by atoms with Crippen molar-refractivity contribution >= 4 is 43.5 Å². The Morgan fingerprint density at radius 3 is 2.45 bits per heavy atom. The van der Waals surface area contributed by atoms with Crippen LogP contribution in [-0.2, 0) is 6.54 Å². The van der Waals surface area contributed by atoms with E-state index >= 15 is 0 Å². The van der Waals surface area contributed by atoms with E-state index in [0.29, 0.717) is 4.47 Å². The van der Waals surface area contributed by atoms with Crippen LogP contribution in [0.3, 0.4) is 0 Å². The molecule has 0 saturated heterocycles. The fraction of sp³-hybridized carbons (Fsp3) is 0.133. The fourth-order valence-electron chi connectivity index (χ4n) is 1.89. The molecule has 20 heavy (non-hydrogen) atoms. The highest BCUT2D eigenvalue weighted by atomic mass is 79.9. The van der Waals surface area contributed by atoms with Crippen LogP contribution < -0.4 is 4.90 Å². The molecule has 2 rings (SSSR count). The van der Waals surface area contributed by atoms with Crippen LogP contribution in [0.25, 0.3) is 0 Å². The van der Waals surface area contributed by atoms with Crippen molar-refractivity contribution < 1.29 is 9.90 Å². The smallest absolute Gasteiger partial charge is 0.336 e. The van der Waals surface area contributed by atoms with E-state index in [4.69, 9.17) is 5.11 Å². The van der Waals surface area contributed by atoms with Gasteiger partial charge >= 0.3 is 5.97 Å². The Morgan fingerprint density at radius 1 is 1.15 bits per heavy atom. The van der Waals surface area contributed by atoms with Crippen molar-refractivity contribution in [3.8, 4) is 0 Å². The highest BCUT2D eigenvalue weighted by molar-refractivity contribution is 9.10. The lowest BCUT2D eigenvalue weighted by Crippen LogP contribution is -2.17. The molecule has 0 bridgehead atoms. The summed E-state index contributed by atoms with van der Waals surface area (Å²) in [6.45, 7) is 0.736. The maximum atomic E-state index is 11.0. The number of rotatable bonds is 4. The lowest BCUT2D eigenvalue weighted by atomic mass is 10.1. The summed E-state index contributed by atoms with van der Waals surface area (Å²) in [7, 11) is 1.97. The Balaban J connectivity index is 2.22. The summed E-state index contributed by atoms with van der Waals surface area (Å²) in [6, 6.07) is 13.3. The molecule has 0 fully saturated rings. The van der Waals surface area contributed by atoms with E-state index in [9.17, 15) is 4.79 Å². The number of aromatic carboxylic acids is 1. The number of hydrogen-bond acceptors (Lipinski definition) is 2. The third kappa shape index (κ3) is 3.41. The van der Waals surface area contributed by atoms with Gasteiger partial charge in [0.05, 0.1) is 5.56 Å². The minimum Gasteiger partial charge on any atom is -0.478 e. The predicted molar refractivity (Wildman–Crippen MR) is 87.4 cm³/mol. The van der Waals surface area contributed by atoms with Crippen molar-refractivity contribution in [3.05, 3.63) is 62.5 Å². The molecule has 0 unspecified atom stereocenters. The maximum absolute atomic E-state index is 11.0. The zero-order valence-corrected chi connectivity index (χ0v) is 14.0. The average molecular weight is 399 g/mol. The van der Waals surface area contributed by atoms with Crippen LogP contribution in [-0.4, -0.2) is 18.1 Å². The third-order valence-corrected chi connectivity index (χ3v) is 4.42. The second-order valence-corrected chi connectivity index (χ2v) is 6.13. The van der Waals surface area contributed by atoms with Gasteiger partial charge in [0, 0.05) is 28.2 Å². The van der Waals surface area contributed by atoms with Crippen LogP contribution in [0, 0.1) is 0 Å². The molecule has 2 aromatic carbocycles. The number of anilines is 1. The summed E-state index contributed by atoms with van der Waals surface area (Å²) >= 11 is 6.83. The van der Waals surface area contributed by atoms with Gasteiger partial charge in [0.25, 0.3) is 0 Å². The number of carboxylic acid groups (broad SMARTS) is 1. The fourth-order valence-corrected chi connectivity index (χ4v) is 2.83. The molecule has 3 nitrogen and oxygen atoms in total. The topological polar surface area (TPSA) is 40.5 Å². The van der Waals surface area contributed by atoms with Crippen LogP contribution >= 0.6 is 31.9 Å². The van der Waals surface area contributed by atoms with Gasteiger partial charge in [-0.15, -0.1) is 0 Å². The first kappa shape index (κ1) is 15.1. The van der Waals surface area contributed by atoms with Crippen molar-refractivity contribution in [1.82, 2.24) is 0 Å². The molecule has 0 atom stereocenters. The van der Waals surface area contributed by atoms with E-state index < -0.39 is 5.97 Å².